The third-order valence-electron chi connectivity index (χ3n) is 3.74. The quantitative estimate of drug-likeness (QED) is 0.600. The van der Waals surface area contributed by atoms with E-state index in [2.05, 4.69) is 0 Å². The summed E-state index contributed by atoms with van der Waals surface area (Å²) in [5, 5.41) is 10.8. The van der Waals surface area contributed by atoms with E-state index >= 15 is 0 Å². The van der Waals surface area contributed by atoms with Crippen LogP contribution in [-0.4, -0.2) is 28.9 Å². The first-order valence-electron chi connectivity index (χ1n) is 7.26. The third-order valence-corrected chi connectivity index (χ3v) is 4.77. The average molecular weight is 332 g/mol. The molecule has 7 heteroatoms. The smallest absolute Gasteiger partial charge is 0.324 e. The van der Waals surface area contributed by atoms with E-state index in [1.165, 1.54) is 12.1 Å². The monoisotopic (exact) mass is 332 g/mol. The van der Waals surface area contributed by atoms with Crippen molar-refractivity contribution in [2.24, 2.45) is 0 Å². The normalized spacial score (nSPS) is 13.6. The Kier molecular flexibility index (Phi) is 4.29. The van der Waals surface area contributed by atoms with Crippen LogP contribution in [0.4, 0.5) is 5.00 Å². The summed E-state index contributed by atoms with van der Waals surface area (Å²) in [6.45, 7) is 0.499. The van der Waals surface area contributed by atoms with Crippen LogP contribution in [0.3, 0.4) is 0 Å². The van der Waals surface area contributed by atoms with Crippen LogP contribution in [0.2, 0.25) is 0 Å². The molecule has 1 saturated carbocycles. The van der Waals surface area contributed by atoms with E-state index in [1.54, 1.807) is 12.0 Å². The van der Waals surface area contributed by atoms with Crippen LogP contribution in [0.25, 0.3) is 0 Å². The zero-order valence-electron chi connectivity index (χ0n) is 12.6. The van der Waals surface area contributed by atoms with Gasteiger partial charge in [0.1, 0.15) is 5.75 Å². The van der Waals surface area contributed by atoms with Crippen molar-refractivity contribution in [3.63, 3.8) is 0 Å². The van der Waals surface area contributed by atoms with Crippen molar-refractivity contribution in [3.05, 3.63) is 57.0 Å². The van der Waals surface area contributed by atoms with Gasteiger partial charge in [0.15, 0.2) is 0 Å². The lowest BCUT2D eigenvalue weighted by Gasteiger charge is -2.22. The van der Waals surface area contributed by atoms with E-state index in [0.717, 1.165) is 35.5 Å². The number of ether oxygens (including phenoxy) is 1. The number of benzene rings is 1. The zero-order chi connectivity index (χ0) is 16.4. The van der Waals surface area contributed by atoms with Crippen LogP contribution in [0.1, 0.15) is 28.1 Å². The van der Waals surface area contributed by atoms with Gasteiger partial charge in [-0.05, 0) is 36.6 Å². The van der Waals surface area contributed by atoms with Gasteiger partial charge >= 0.3 is 5.00 Å². The fourth-order valence-electron chi connectivity index (χ4n) is 2.36. The number of methoxy groups -OCH3 is 1. The number of hydrogen-bond donors (Lipinski definition) is 0. The first-order chi connectivity index (χ1) is 11.1. The van der Waals surface area contributed by atoms with E-state index in [9.17, 15) is 14.9 Å². The van der Waals surface area contributed by atoms with Gasteiger partial charge in [-0.2, -0.15) is 0 Å². The number of nitro groups is 1. The molecule has 0 bridgehead atoms. The number of carbonyl (C=O) groups is 1. The maximum absolute atomic E-state index is 12.7. The SMILES string of the molecule is COc1ccc(CN(C(=O)c2ccc([N+](=O)[O-])s2)C2CC2)cc1. The van der Waals surface area contributed by atoms with Gasteiger partial charge in [0.05, 0.1) is 16.9 Å². The lowest BCUT2D eigenvalue weighted by molar-refractivity contribution is -0.380. The Morgan fingerprint density at radius 1 is 1.30 bits per heavy atom. The molecule has 0 aliphatic heterocycles. The van der Waals surface area contributed by atoms with Crippen molar-refractivity contribution < 1.29 is 14.5 Å². The second-order valence-corrected chi connectivity index (χ2v) is 6.47. The predicted molar refractivity (Wildman–Crippen MR) is 86.9 cm³/mol. The first-order valence-corrected chi connectivity index (χ1v) is 8.08. The van der Waals surface area contributed by atoms with Gasteiger partial charge in [-0.25, -0.2) is 0 Å². The van der Waals surface area contributed by atoms with Crippen molar-refractivity contribution in [3.8, 4) is 5.75 Å². The van der Waals surface area contributed by atoms with E-state index in [-0.39, 0.29) is 17.0 Å². The Morgan fingerprint density at radius 2 is 2.00 bits per heavy atom. The van der Waals surface area contributed by atoms with Crippen LogP contribution >= 0.6 is 11.3 Å². The molecule has 0 saturated heterocycles. The standard InChI is InChI=1S/C16H16N2O4S/c1-22-13-6-2-11(3-7-13)10-17(12-4-5-12)16(19)14-8-9-15(23-14)18(20)21/h2-3,6-9,12H,4-5,10H2,1H3. The van der Waals surface area contributed by atoms with Crippen LogP contribution < -0.4 is 4.74 Å². The summed E-state index contributed by atoms with van der Waals surface area (Å²) in [4.78, 5) is 25.2. The molecule has 0 atom stereocenters. The molecule has 0 radical (unpaired) electrons. The molecule has 120 valence electrons. The van der Waals surface area contributed by atoms with Crippen molar-refractivity contribution >= 4 is 22.2 Å². The maximum atomic E-state index is 12.7. The lowest BCUT2D eigenvalue weighted by Crippen LogP contribution is -2.32. The summed E-state index contributed by atoms with van der Waals surface area (Å²) < 4.78 is 5.13. The molecule has 6 nitrogen and oxygen atoms in total. The van der Waals surface area contributed by atoms with Crippen LogP contribution in [-0.2, 0) is 6.54 Å². The fourth-order valence-corrected chi connectivity index (χ4v) is 3.14. The van der Waals surface area contributed by atoms with Gasteiger partial charge in [0.25, 0.3) is 5.91 Å². The van der Waals surface area contributed by atoms with Crippen molar-refractivity contribution in [1.82, 2.24) is 4.90 Å². The molecule has 1 amide bonds. The maximum Gasteiger partial charge on any atom is 0.324 e. The Morgan fingerprint density at radius 3 is 2.52 bits per heavy atom. The molecule has 0 spiro atoms. The highest BCUT2D eigenvalue weighted by molar-refractivity contribution is 7.17. The summed E-state index contributed by atoms with van der Waals surface area (Å²) in [6, 6.07) is 10.7. The highest BCUT2D eigenvalue weighted by Gasteiger charge is 2.34. The molecule has 1 aromatic carbocycles. The van der Waals surface area contributed by atoms with E-state index in [4.69, 9.17) is 4.74 Å². The topological polar surface area (TPSA) is 72.7 Å². The van der Waals surface area contributed by atoms with Crippen LogP contribution in [0.5, 0.6) is 5.75 Å². The Labute approximate surface area is 137 Å². The predicted octanol–water partition coefficient (Wildman–Crippen LogP) is 3.47. The minimum Gasteiger partial charge on any atom is -0.497 e. The van der Waals surface area contributed by atoms with Crippen LogP contribution in [0, 0.1) is 10.1 Å². The number of carbonyl (C=O) groups excluding carboxylic acids is 1. The molecular formula is C16H16N2O4S. The summed E-state index contributed by atoms with van der Waals surface area (Å²) in [5.74, 6) is 0.633. The molecule has 3 rings (SSSR count). The molecule has 1 heterocycles. The molecule has 1 fully saturated rings. The Bertz CT molecular complexity index is 722. The van der Waals surface area contributed by atoms with Crippen molar-refractivity contribution in [2.75, 3.05) is 7.11 Å². The summed E-state index contributed by atoms with van der Waals surface area (Å²) in [7, 11) is 1.61. The molecule has 0 unspecified atom stereocenters. The van der Waals surface area contributed by atoms with E-state index in [1.807, 2.05) is 24.3 Å². The van der Waals surface area contributed by atoms with Gasteiger partial charge in [0, 0.05) is 18.7 Å². The average Bonchev–Trinajstić information content (AvgIpc) is 3.27. The summed E-state index contributed by atoms with van der Waals surface area (Å²) in [6.07, 6.45) is 1.96. The van der Waals surface area contributed by atoms with Crippen molar-refractivity contribution in [1.29, 1.82) is 0 Å². The highest BCUT2D eigenvalue weighted by atomic mass is 32.1. The molecule has 1 aromatic heterocycles. The van der Waals surface area contributed by atoms with E-state index < -0.39 is 4.92 Å². The summed E-state index contributed by atoms with van der Waals surface area (Å²) in [5.41, 5.74) is 1.01. The number of thiophene rings is 1. The first kappa shape index (κ1) is 15.5. The molecule has 1 aliphatic rings. The Hall–Kier alpha value is -2.41. The molecule has 23 heavy (non-hydrogen) atoms. The second-order valence-electron chi connectivity index (χ2n) is 5.41. The number of hydrogen-bond acceptors (Lipinski definition) is 5. The minimum atomic E-state index is -0.466. The van der Waals surface area contributed by atoms with Crippen molar-refractivity contribution in [2.45, 2.75) is 25.4 Å². The number of amides is 1. The van der Waals surface area contributed by atoms with Gasteiger partial charge in [-0.3, -0.25) is 14.9 Å². The molecular weight excluding hydrogens is 316 g/mol. The van der Waals surface area contributed by atoms with E-state index in [0.29, 0.717) is 11.4 Å². The van der Waals surface area contributed by atoms with Gasteiger partial charge in [-0.15, -0.1) is 0 Å². The lowest BCUT2D eigenvalue weighted by atomic mass is 10.2. The number of nitrogens with zero attached hydrogens (tertiary/aromatic N) is 2. The van der Waals surface area contributed by atoms with Crippen LogP contribution in [0.15, 0.2) is 36.4 Å². The second kappa shape index (κ2) is 6.37. The summed E-state index contributed by atoms with van der Waals surface area (Å²) >= 11 is 0.929. The zero-order valence-corrected chi connectivity index (χ0v) is 13.4. The number of rotatable bonds is 6. The fraction of sp³-hybridized carbons (Fsp3) is 0.312. The van der Waals surface area contributed by atoms with Gasteiger partial charge in [-0.1, -0.05) is 23.5 Å². The Balaban J connectivity index is 1.77. The third kappa shape index (κ3) is 3.50. The van der Waals surface area contributed by atoms with Gasteiger partial charge < -0.3 is 9.64 Å². The molecule has 2 aromatic rings. The minimum absolute atomic E-state index is 0.00598. The highest BCUT2D eigenvalue weighted by Crippen LogP contribution is 2.32. The molecule has 0 N–H and O–H groups in total. The van der Waals surface area contributed by atoms with Gasteiger partial charge in [0.2, 0.25) is 0 Å². The largest absolute Gasteiger partial charge is 0.497 e. The molecule has 1 aliphatic carbocycles.